The van der Waals surface area contributed by atoms with Gasteiger partial charge in [0.15, 0.2) is 0 Å². The fourth-order valence-electron chi connectivity index (χ4n) is 2.74. The molecule has 2 aromatic carbocycles. The Hall–Kier alpha value is -1.23. The van der Waals surface area contributed by atoms with E-state index in [9.17, 15) is 4.79 Å². The van der Waals surface area contributed by atoms with Crippen LogP contribution in [0.15, 0.2) is 40.9 Å². The minimum absolute atomic E-state index is 0.251. The molecule has 1 aliphatic heterocycles. The van der Waals surface area contributed by atoms with Crippen molar-refractivity contribution in [3.63, 3.8) is 0 Å². The molecule has 0 radical (unpaired) electrons. The van der Waals surface area contributed by atoms with Crippen LogP contribution in [0, 0.1) is 0 Å². The highest BCUT2D eigenvalue weighted by molar-refractivity contribution is 9.10. The molecule has 1 fully saturated rings. The number of hydrogen-bond donors (Lipinski definition) is 1. The fraction of sp³-hybridized carbons (Fsp3) is 0.235. The van der Waals surface area contributed by atoms with Crippen molar-refractivity contribution in [2.75, 3.05) is 23.3 Å². The number of anilines is 2. The largest absolute Gasteiger partial charge is 0.369 e. The zero-order valence-electron chi connectivity index (χ0n) is 12.3. The fourth-order valence-corrected chi connectivity index (χ4v) is 3.60. The number of nitrogens with one attached hydrogen (secondary N) is 1. The lowest BCUT2D eigenvalue weighted by atomic mass is 10.2. The molecule has 6 heteroatoms. The molecule has 0 unspecified atom stereocenters. The van der Waals surface area contributed by atoms with Gasteiger partial charge in [-0.3, -0.25) is 4.79 Å². The summed E-state index contributed by atoms with van der Waals surface area (Å²) in [4.78, 5) is 14.8. The van der Waals surface area contributed by atoms with E-state index in [4.69, 9.17) is 23.2 Å². The Morgan fingerprint density at radius 3 is 2.57 bits per heavy atom. The van der Waals surface area contributed by atoms with E-state index < -0.39 is 0 Å². The van der Waals surface area contributed by atoms with Crippen LogP contribution in [0.1, 0.15) is 23.2 Å². The predicted molar refractivity (Wildman–Crippen MR) is 100 cm³/mol. The number of nitrogens with zero attached hydrogens (tertiary/aromatic N) is 1. The molecule has 0 spiro atoms. The Labute approximate surface area is 153 Å². The Balaban J connectivity index is 1.92. The molecule has 1 N–H and O–H groups in total. The van der Waals surface area contributed by atoms with Crippen LogP contribution >= 0.6 is 39.1 Å². The van der Waals surface area contributed by atoms with Gasteiger partial charge in [0, 0.05) is 17.6 Å². The van der Waals surface area contributed by atoms with Crippen LogP contribution in [0.4, 0.5) is 11.4 Å². The molecule has 1 aliphatic rings. The summed E-state index contributed by atoms with van der Waals surface area (Å²) in [5.41, 5.74) is 2.01. The molecule has 120 valence electrons. The average molecular weight is 414 g/mol. The summed E-state index contributed by atoms with van der Waals surface area (Å²) in [6.45, 7) is 1.90. The first-order chi connectivity index (χ1) is 11.1. The van der Waals surface area contributed by atoms with E-state index in [1.165, 1.54) is 0 Å². The number of hydrogen-bond acceptors (Lipinski definition) is 2. The maximum absolute atomic E-state index is 12.6. The molecule has 1 saturated heterocycles. The molecule has 0 bridgehead atoms. The van der Waals surface area contributed by atoms with Crippen LogP contribution in [-0.4, -0.2) is 19.0 Å². The van der Waals surface area contributed by atoms with Gasteiger partial charge < -0.3 is 10.2 Å². The van der Waals surface area contributed by atoms with Crippen LogP contribution < -0.4 is 10.2 Å². The maximum Gasteiger partial charge on any atom is 0.257 e. The topological polar surface area (TPSA) is 32.3 Å². The molecule has 0 aliphatic carbocycles. The average Bonchev–Trinajstić information content (AvgIpc) is 3.03. The maximum atomic E-state index is 12.6. The van der Waals surface area contributed by atoms with E-state index in [-0.39, 0.29) is 5.91 Å². The van der Waals surface area contributed by atoms with E-state index in [0.717, 1.165) is 36.1 Å². The van der Waals surface area contributed by atoms with Crippen LogP contribution in [0.25, 0.3) is 0 Å². The molecule has 3 nitrogen and oxygen atoms in total. The normalized spacial score (nSPS) is 14.1. The predicted octanol–water partition coefficient (Wildman–Crippen LogP) is 5.61. The highest BCUT2D eigenvalue weighted by atomic mass is 79.9. The summed E-state index contributed by atoms with van der Waals surface area (Å²) >= 11 is 15.9. The van der Waals surface area contributed by atoms with Crippen LogP contribution in [0.5, 0.6) is 0 Å². The Kier molecular flexibility index (Phi) is 5.14. The number of rotatable bonds is 3. The number of halogens is 3. The van der Waals surface area contributed by atoms with E-state index in [0.29, 0.717) is 21.3 Å². The molecule has 0 saturated carbocycles. The van der Waals surface area contributed by atoms with Gasteiger partial charge in [-0.1, -0.05) is 45.2 Å². The Morgan fingerprint density at radius 2 is 1.83 bits per heavy atom. The van der Waals surface area contributed by atoms with Gasteiger partial charge >= 0.3 is 0 Å². The third-order valence-electron chi connectivity index (χ3n) is 3.83. The van der Waals surface area contributed by atoms with Gasteiger partial charge in [0.2, 0.25) is 0 Å². The molecule has 23 heavy (non-hydrogen) atoms. The molecule has 3 rings (SSSR count). The number of carbonyl (C=O) groups is 1. The molecular formula is C17H15BrCl2N2O. The first-order valence-electron chi connectivity index (χ1n) is 7.36. The van der Waals surface area contributed by atoms with E-state index in [2.05, 4.69) is 26.1 Å². The summed E-state index contributed by atoms with van der Waals surface area (Å²) in [5.74, 6) is -0.251. The quantitative estimate of drug-likeness (QED) is 0.709. The van der Waals surface area contributed by atoms with Crippen molar-refractivity contribution in [2.24, 2.45) is 0 Å². The lowest BCUT2D eigenvalue weighted by molar-refractivity contribution is 0.102. The van der Waals surface area contributed by atoms with Crippen LogP contribution in [-0.2, 0) is 0 Å². The zero-order chi connectivity index (χ0) is 16.4. The third kappa shape index (κ3) is 3.65. The minimum Gasteiger partial charge on any atom is -0.369 e. The van der Waals surface area contributed by atoms with Crippen molar-refractivity contribution >= 4 is 56.4 Å². The van der Waals surface area contributed by atoms with Gasteiger partial charge in [0.1, 0.15) is 0 Å². The van der Waals surface area contributed by atoms with Gasteiger partial charge in [0.25, 0.3) is 5.91 Å². The first kappa shape index (κ1) is 16.6. The van der Waals surface area contributed by atoms with Crippen molar-refractivity contribution in [1.82, 2.24) is 0 Å². The van der Waals surface area contributed by atoms with Crippen molar-refractivity contribution < 1.29 is 4.79 Å². The van der Waals surface area contributed by atoms with E-state index in [1.54, 1.807) is 18.2 Å². The second-order valence-corrected chi connectivity index (χ2v) is 7.14. The molecule has 1 heterocycles. The van der Waals surface area contributed by atoms with Crippen LogP contribution in [0.3, 0.4) is 0 Å². The lowest BCUT2D eigenvalue weighted by Crippen LogP contribution is -2.21. The molecule has 0 atom stereocenters. The number of para-hydroxylation sites is 1. The Bertz CT molecular complexity index is 745. The lowest BCUT2D eigenvalue weighted by Gasteiger charge is -2.23. The summed E-state index contributed by atoms with van der Waals surface area (Å²) in [5, 5.41) is 4.00. The van der Waals surface area contributed by atoms with Gasteiger partial charge in [0.05, 0.1) is 27.0 Å². The summed E-state index contributed by atoms with van der Waals surface area (Å²) in [6.07, 6.45) is 2.27. The second kappa shape index (κ2) is 7.12. The van der Waals surface area contributed by atoms with Gasteiger partial charge in [-0.15, -0.1) is 0 Å². The highest BCUT2D eigenvalue weighted by Crippen LogP contribution is 2.36. The number of benzene rings is 2. The van der Waals surface area contributed by atoms with Gasteiger partial charge in [-0.05, 0) is 43.2 Å². The van der Waals surface area contributed by atoms with Crippen molar-refractivity contribution in [3.05, 3.63) is 56.5 Å². The molecule has 1 amide bonds. The van der Waals surface area contributed by atoms with Crippen molar-refractivity contribution in [3.8, 4) is 0 Å². The second-order valence-electron chi connectivity index (χ2n) is 5.41. The minimum atomic E-state index is -0.251. The SMILES string of the molecule is O=C(Nc1cccc(Cl)c1N1CCCC1)c1cc(Br)ccc1Cl. The summed E-state index contributed by atoms with van der Waals surface area (Å²) < 4.78 is 0.804. The van der Waals surface area contributed by atoms with Crippen molar-refractivity contribution in [1.29, 1.82) is 0 Å². The number of carbonyl (C=O) groups excluding carboxylic acids is 1. The molecule has 2 aromatic rings. The summed E-state index contributed by atoms with van der Waals surface area (Å²) in [6, 6.07) is 10.7. The zero-order valence-corrected chi connectivity index (χ0v) is 15.4. The third-order valence-corrected chi connectivity index (χ3v) is 4.96. The standard InChI is InChI=1S/C17H15BrCl2N2O/c18-11-6-7-13(19)12(10-11)17(23)21-15-5-3-4-14(20)16(15)22-8-1-2-9-22/h3-7,10H,1-2,8-9H2,(H,21,23). The molecular weight excluding hydrogens is 399 g/mol. The molecule has 0 aromatic heterocycles. The number of amides is 1. The monoisotopic (exact) mass is 412 g/mol. The van der Waals surface area contributed by atoms with Gasteiger partial charge in [-0.25, -0.2) is 0 Å². The van der Waals surface area contributed by atoms with Crippen LogP contribution in [0.2, 0.25) is 10.0 Å². The Morgan fingerprint density at radius 1 is 1.09 bits per heavy atom. The van der Waals surface area contributed by atoms with Gasteiger partial charge in [-0.2, -0.15) is 0 Å². The summed E-state index contributed by atoms with van der Waals surface area (Å²) in [7, 11) is 0. The highest BCUT2D eigenvalue weighted by Gasteiger charge is 2.20. The van der Waals surface area contributed by atoms with E-state index >= 15 is 0 Å². The van der Waals surface area contributed by atoms with E-state index in [1.807, 2.05) is 18.2 Å². The smallest absolute Gasteiger partial charge is 0.257 e. The van der Waals surface area contributed by atoms with Crippen molar-refractivity contribution in [2.45, 2.75) is 12.8 Å². The first-order valence-corrected chi connectivity index (χ1v) is 8.91.